The van der Waals surface area contributed by atoms with E-state index < -0.39 is 6.10 Å². The molecule has 1 aromatic rings. The molecule has 0 radical (unpaired) electrons. The highest BCUT2D eigenvalue weighted by Crippen LogP contribution is 2.18. The number of guanidine groups is 1. The number of nitrogens with one attached hydrogen (secondary N) is 2. The summed E-state index contributed by atoms with van der Waals surface area (Å²) in [7, 11) is 0. The molecule has 1 unspecified atom stereocenters. The molecule has 0 spiro atoms. The van der Waals surface area contributed by atoms with Crippen molar-refractivity contribution in [2.45, 2.75) is 44.9 Å². The summed E-state index contributed by atoms with van der Waals surface area (Å²) in [6.45, 7) is 5.90. The number of aliphatic hydroxyl groups excluding tert-OH is 1. The van der Waals surface area contributed by atoms with Crippen molar-refractivity contribution in [3.8, 4) is 0 Å². The van der Waals surface area contributed by atoms with Gasteiger partial charge in [0.2, 0.25) is 0 Å². The maximum atomic E-state index is 10.4. The number of aliphatic hydroxyl groups is 1. The number of rotatable bonds is 6. The highest BCUT2D eigenvalue weighted by atomic mass is 127. The van der Waals surface area contributed by atoms with E-state index >= 15 is 0 Å². The van der Waals surface area contributed by atoms with Crippen LogP contribution in [0.1, 0.15) is 30.9 Å². The summed E-state index contributed by atoms with van der Waals surface area (Å²) in [6, 6.07) is 9.02. The summed E-state index contributed by atoms with van der Waals surface area (Å²) in [5.41, 5.74) is 2.82. The molecule has 2 aliphatic rings. The van der Waals surface area contributed by atoms with Gasteiger partial charge in [-0.1, -0.05) is 36.4 Å². The van der Waals surface area contributed by atoms with E-state index in [1.165, 1.54) is 11.1 Å². The highest BCUT2D eigenvalue weighted by molar-refractivity contribution is 14.0. The molecule has 1 aliphatic heterocycles. The second kappa shape index (κ2) is 10.9. The van der Waals surface area contributed by atoms with Crippen LogP contribution in [0.25, 0.3) is 0 Å². The Balaban J connectivity index is 0.00000243. The fourth-order valence-electron chi connectivity index (χ4n) is 3.51. The van der Waals surface area contributed by atoms with E-state index in [0.29, 0.717) is 19.1 Å². The molecule has 0 aromatic heterocycles. The second-order valence-corrected chi connectivity index (χ2v) is 6.91. The van der Waals surface area contributed by atoms with E-state index in [1.807, 2.05) is 0 Å². The van der Waals surface area contributed by atoms with Gasteiger partial charge in [0, 0.05) is 32.2 Å². The molecule has 144 valence electrons. The number of fused-ring (bicyclic) bond motifs is 1. The van der Waals surface area contributed by atoms with Crippen LogP contribution in [0.4, 0.5) is 0 Å². The minimum Gasteiger partial charge on any atom is -0.390 e. The van der Waals surface area contributed by atoms with Gasteiger partial charge in [-0.05, 0) is 37.3 Å². The van der Waals surface area contributed by atoms with Gasteiger partial charge in [-0.2, -0.15) is 0 Å². The first-order valence-corrected chi connectivity index (χ1v) is 9.41. The van der Waals surface area contributed by atoms with Gasteiger partial charge in [-0.15, -0.1) is 24.0 Å². The third-order valence-corrected chi connectivity index (χ3v) is 4.83. The molecule has 0 fully saturated rings. The Labute approximate surface area is 174 Å². The van der Waals surface area contributed by atoms with Crippen LogP contribution < -0.4 is 10.6 Å². The highest BCUT2D eigenvalue weighted by Gasteiger charge is 2.18. The molecule has 5 nitrogen and oxygen atoms in total. The van der Waals surface area contributed by atoms with Gasteiger partial charge in [-0.25, -0.2) is 0 Å². The predicted molar refractivity (Wildman–Crippen MR) is 118 cm³/mol. The van der Waals surface area contributed by atoms with E-state index in [9.17, 15) is 5.11 Å². The molecule has 3 N–H and O–H groups in total. The summed E-state index contributed by atoms with van der Waals surface area (Å²) in [5.74, 6) is 0.805. The summed E-state index contributed by atoms with van der Waals surface area (Å²) in [5, 5.41) is 17.1. The van der Waals surface area contributed by atoms with Crippen molar-refractivity contribution in [1.82, 2.24) is 15.5 Å². The largest absolute Gasteiger partial charge is 0.390 e. The minimum atomic E-state index is -0.442. The van der Waals surface area contributed by atoms with Crippen LogP contribution in [0, 0.1) is 0 Å². The number of benzene rings is 1. The first-order valence-electron chi connectivity index (χ1n) is 9.41. The molecule has 1 aromatic carbocycles. The van der Waals surface area contributed by atoms with Crippen LogP contribution in [0.2, 0.25) is 0 Å². The average Bonchev–Trinajstić information content (AvgIpc) is 3.13. The molecular formula is C20H31IN4O. The Bertz CT molecular complexity index is 612. The topological polar surface area (TPSA) is 59.9 Å². The van der Waals surface area contributed by atoms with Crippen LogP contribution in [0.5, 0.6) is 0 Å². The molecule has 1 atom stereocenters. The molecule has 0 bridgehead atoms. The lowest BCUT2D eigenvalue weighted by atomic mass is 10.00. The van der Waals surface area contributed by atoms with Crippen LogP contribution in [-0.4, -0.2) is 54.3 Å². The zero-order valence-corrected chi connectivity index (χ0v) is 17.9. The number of hydrogen-bond donors (Lipinski definition) is 3. The summed E-state index contributed by atoms with van der Waals surface area (Å²) in [6.07, 6.45) is 7.10. The second-order valence-electron chi connectivity index (χ2n) is 6.91. The van der Waals surface area contributed by atoms with Crippen LogP contribution in [-0.2, 0) is 13.0 Å². The molecule has 26 heavy (non-hydrogen) atoms. The van der Waals surface area contributed by atoms with Gasteiger partial charge >= 0.3 is 0 Å². The summed E-state index contributed by atoms with van der Waals surface area (Å²) in [4.78, 5) is 6.90. The Hall–Kier alpha value is -1.12. The summed E-state index contributed by atoms with van der Waals surface area (Å²) >= 11 is 0. The number of β-amino-alcohol motifs (C(OH)–C–C–N with tert-alkyl or cyclic N) is 1. The Morgan fingerprint density at radius 2 is 2.00 bits per heavy atom. The fourth-order valence-corrected chi connectivity index (χ4v) is 3.51. The van der Waals surface area contributed by atoms with Gasteiger partial charge in [0.1, 0.15) is 0 Å². The van der Waals surface area contributed by atoms with Gasteiger partial charge in [0.25, 0.3) is 0 Å². The quantitative estimate of drug-likeness (QED) is 0.259. The van der Waals surface area contributed by atoms with E-state index in [-0.39, 0.29) is 24.0 Å². The van der Waals surface area contributed by atoms with Crippen LogP contribution >= 0.6 is 24.0 Å². The van der Waals surface area contributed by atoms with Crippen molar-refractivity contribution in [3.05, 3.63) is 47.5 Å². The van der Waals surface area contributed by atoms with Crippen LogP contribution in [0.15, 0.2) is 41.4 Å². The number of hydrogen-bond acceptors (Lipinski definition) is 3. The molecule has 1 heterocycles. The Kier molecular flexibility index (Phi) is 8.87. The van der Waals surface area contributed by atoms with Crippen LogP contribution in [0.3, 0.4) is 0 Å². The van der Waals surface area contributed by atoms with E-state index in [4.69, 9.17) is 0 Å². The number of halogens is 1. The van der Waals surface area contributed by atoms with Crippen molar-refractivity contribution in [3.63, 3.8) is 0 Å². The first-order chi connectivity index (χ1) is 12.2. The SMILES string of the molecule is CCNC(=NCC(O)CN1CCc2ccccc2C1)NC1CC=CC1.I. The third kappa shape index (κ3) is 6.25. The lowest BCUT2D eigenvalue weighted by molar-refractivity contribution is 0.111. The fraction of sp³-hybridized carbons (Fsp3) is 0.550. The van der Waals surface area contributed by atoms with Crippen molar-refractivity contribution in [2.24, 2.45) is 4.99 Å². The maximum absolute atomic E-state index is 10.4. The zero-order chi connectivity index (χ0) is 17.5. The smallest absolute Gasteiger partial charge is 0.191 e. The minimum absolute atomic E-state index is 0. The molecule has 0 saturated carbocycles. The molecule has 6 heteroatoms. The molecule has 0 saturated heterocycles. The zero-order valence-electron chi connectivity index (χ0n) is 15.5. The van der Waals surface area contributed by atoms with Gasteiger partial charge in [0.05, 0.1) is 12.6 Å². The maximum Gasteiger partial charge on any atom is 0.191 e. The monoisotopic (exact) mass is 470 g/mol. The number of aliphatic imine (C=N–C) groups is 1. The summed E-state index contributed by atoms with van der Waals surface area (Å²) < 4.78 is 0. The molecule has 0 amide bonds. The standard InChI is InChI=1S/C20H30N4O.HI/c1-2-21-20(23-18-9-5-6-10-18)22-13-19(25)15-24-12-11-16-7-3-4-8-17(16)14-24;/h3-8,18-19,25H,2,9-15H2,1H3,(H2,21,22,23);1H. The average molecular weight is 470 g/mol. The first kappa shape index (κ1) is 21.2. The van der Waals surface area contributed by atoms with Crippen molar-refractivity contribution >= 4 is 29.9 Å². The van der Waals surface area contributed by atoms with E-state index in [2.05, 4.69) is 63.9 Å². The van der Waals surface area contributed by atoms with Crippen molar-refractivity contribution < 1.29 is 5.11 Å². The van der Waals surface area contributed by atoms with Gasteiger partial charge in [0.15, 0.2) is 5.96 Å². The third-order valence-electron chi connectivity index (χ3n) is 4.83. The van der Waals surface area contributed by atoms with E-state index in [1.54, 1.807) is 0 Å². The van der Waals surface area contributed by atoms with Crippen molar-refractivity contribution in [2.75, 3.05) is 26.2 Å². The van der Waals surface area contributed by atoms with Crippen molar-refractivity contribution in [1.29, 1.82) is 0 Å². The Morgan fingerprint density at radius 1 is 1.27 bits per heavy atom. The molecule has 1 aliphatic carbocycles. The molecular weight excluding hydrogens is 439 g/mol. The number of nitrogens with zero attached hydrogens (tertiary/aromatic N) is 2. The van der Waals surface area contributed by atoms with Gasteiger partial charge in [-0.3, -0.25) is 9.89 Å². The predicted octanol–water partition coefficient (Wildman–Crippen LogP) is 2.30. The molecule has 3 rings (SSSR count). The lowest BCUT2D eigenvalue weighted by Gasteiger charge is -2.30. The van der Waals surface area contributed by atoms with E-state index in [0.717, 1.165) is 44.9 Å². The van der Waals surface area contributed by atoms with Gasteiger partial charge < -0.3 is 15.7 Å². The normalized spacial score (nSPS) is 18.9. The Morgan fingerprint density at radius 3 is 2.73 bits per heavy atom. The lowest BCUT2D eigenvalue weighted by Crippen LogP contribution is -2.43.